The van der Waals surface area contributed by atoms with Gasteiger partial charge in [-0.2, -0.15) is 0 Å². The van der Waals surface area contributed by atoms with Crippen molar-refractivity contribution in [3.63, 3.8) is 0 Å². The van der Waals surface area contributed by atoms with Gasteiger partial charge in [-0.3, -0.25) is 9.59 Å². The SMILES string of the molecule is CCCOC(=O)C1C(C(=O)O)[C@H]2CC[C@@H]1O2. The maximum Gasteiger partial charge on any atom is 0.312 e. The van der Waals surface area contributed by atoms with Gasteiger partial charge in [-0.25, -0.2) is 0 Å². The summed E-state index contributed by atoms with van der Waals surface area (Å²) in [6.07, 6.45) is 1.68. The number of aliphatic carboxylic acids is 1. The molecule has 5 nitrogen and oxygen atoms in total. The highest BCUT2D eigenvalue weighted by Gasteiger charge is 2.56. The number of hydrogen-bond acceptors (Lipinski definition) is 4. The third-order valence-corrected chi connectivity index (χ3v) is 3.28. The summed E-state index contributed by atoms with van der Waals surface area (Å²) < 4.78 is 10.5. The Morgan fingerprint density at radius 3 is 2.50 bits per heavy atom. The largest absolute Gasteiger partial charge is 0.481 e. The number of carboxylic acid groups (broad SMARTS) is 1. The van der Waals surface area contributed by atoms with Crippen LogP contribution in [0.15, 0.2) is 0 Å². The molecule has 5 heteroatoms. The third kappa shape index (κ3) is 1.80. The minimum absolute atomic E-state index is 0.254. The zero-order valence-electron chi connectivity index (χ0n) is 9.22. The van der Waals surface area contributed by atoms with E-state index in [0.29, 0.717) is 6.61 Å². The lowest BCUT2D eigenvalue weighted by Gasteiger charge is -2.22. The Bertz CT molecular complexity index is 301. The summed E-state index contributed by atoms with van der Waals surface area (Å²) in [5.74, 6) is -2.70. The topological polar surface area (TPSA) is 72.8 Å². The second kappa shape index (κ2) is 4.41. The first-order chi connectivity index (χ1) is 7.65. The molecule has 0 aromatic carbocycles. The number of fused-ring (bicyclic) bond motifs is 2. The smallest absolute Gasteiger partial charge is 0.312 e. The van der Waals surface area contributed by atoms with Crippen LogP contribution < -0.4 is 0 Å². The van der Waals surface area contributed by atoms with Gasteiger partial charge >= 0.3 is 11.9 Å². The molecule has 2 rings (SSSR count). The first-order valence-corrected chi connectivity index (χ1v) is 5.70. The number of carboxylic acids is 1. The number of carbonyl (C=O) groups is 2. The molecule has 0 saturated carbocycles. The van der Waals surface area contributed by atoms with Crippen molar-refractivity contribution < 1.29 is 24.2 Å². The summed E-state index contributed by atoms with van der Waals surface area (Å²) >= 11 is 0. The van der Waals surface area contributed by atoms with Gasteiger partial charge in [0.05, 0.1) is 30.7 Å². The van der Waals surface area contributed by atoms with Gasteiger partial charge in [0.25, 0.3) is 0 Å². The molecular formula is C11H16O5. The van der Waals surface area contributed by atoms with Crippen LogP contribution in [0.2, 0.25) is 0 Å². The van der Waals surface area contributed by atoms with Gasteiger partial charge < -0.3 is 14.6 Å². The summed E-state index contributed by atoms with van der Waals surface area (Å²) in [6, 6.07) is 0. The fraction of sp³-hybridized carbons (Fsp3) is 0.818. The van der Waals surface area contributed by atoms with Gasteiger partial charge in [0.15, 0.2) is 0 Å². The van der Waals surface area contributed by atoms with Gasteiger partial charge in [0.2, 0.25) is 0 Å². The molecule has 0 aromatic rings. The number of rotatable bonds is 4. The van der Waals surface area contributed by atoms with E-state index in [1.54, 1.807) is 0 Å². The molecule has 2 unspecified atom stereocenters. The van der Waals surface area contributed by atoms with E-state index in [1.165, 1.54) is 0 Å². The molecule has 4 atom stereocenters. The van der Waals surface area contributed by atoms with Gasteiger partial charge in [-0.05, 0) is 19.3 Å². The average molecular weight is 228 g/mol. The first-order valence-electron chi connectivity index (χ1n) is 5.70. The standard InChI is InChI=1S/C11H16O5/c1-2-5-15-11(14)9-7-4-3-6(16-7)8(9)10(12)13/h6-9H,2-5H2,1H3,(H,12,13)/t6-,7+,8?,9?/m1/s1. The van der Waals surface area contributed by atoms with E-state index in [9.17, 15) is 9.59 Å². The van der Waals surface area contributed by atoms with Crippen molar-refractivity contribution in [1.29, 1.82) is 0 Å². The molecule has 0 radical (unpaired) electrons. The Hall–Kier alpha value is -1.10. The van der Waals surface area contributed by atoms with Crippen molar-refractivity contribution in [1.82, 2.24) is 0 Å². The van der Waals surface area contributed by atoms with Crippen LogP contribution in [-0.4, -0.2) is 35.9 Å². The quantitative estimate of drug-likeness (QED) is 0.721. The Labute approximate surface area is 93.7 Å². The molecule has 90 valence electrons. The van der Waals surface area contributed by atoms with Crippen molar-refractivity contribution in [2.75, 3.05) is 6.61 Å². The highest BCUT2D eigenvalue weighted by Crippen LogP contribution is 2.44. The summed E-state index contributed by atoms with van der Waals surface area (Å²) in [5.41, 5.74) is 0. The number of hydrogen-bond donors (Lipinski definition) is 1. The minimum atomic E-state index is -0.953. The maximum atomic E-state index is 11.7. The lowest BCUT2D eigenvalue weighted by Crippen LogP contribution is -2.39. The highest BCUT2D eigenvalue weighted by atomic mass is 16.5. The second-order valence-electron chi connectivity index (χ2n) is 4.35. The fourth-order valence-corrected chi connectivity index (χ4v) is 2.59. The van der Waals surface area contributed by atoms with E-state index in [0.717, 1.165) is 19.3 Å². The van der Waals surface area contributed by atoms with E-state index < -0.39 is 23.8 Å². The van der Waals surface area contributed by atoms with Crippen LogP contribution in [-0.2, 0) is 19.1 Å². The van der Waals surface area contributed by atoms with Crippen LogP contribution in [0.3, 0.4) is 0 Å². The van der Waals surface area contributed by atoms with Crippen molar-refractivity contribution in [3.05, 3.63) is 0 Å². The van der Waals surface area contributed by atoms with Crippen LogP contribution in [0.4, 0.5) is 0 Å². The molecule has 2 fully saturated rings. The first kappa shape index (κ1) is 11.4. The number of esters is 1. The Kier molecular flexibility index (Phi) is 3.14. The second-order valence-corrected chi connectivity index (χ2v) is 4.35. The average Bonchev–Trinajstić information content (AvgIpc) is 2.84. The summed E-state index contributed by atoms with van der Waals surface area (Å²) in [4.78, 5) is 22.8. The lowest BCUT2D eigenvalue weighted by molar-refractivity contribution is -0.158. The van der Waals surface area contributed by atoms with Crippen molar-refractivity contribution in [2.24, 2.45) is 11.8 Å². The predicted octanol–water partition coefficient (Wildman–Crippen LogP) is 0.818. The summed E-state index contributed by atoms with van der Waals surface area (Å²) in [7, 11) is 0. The summed E-state index contributed by atoms with van der Waals surface area (Å²) in [5, 5.41) is 9.09. The fourth-order valence-electron chi connectivity index (χ4n) is 2.59. The Morgan fingerprint density at radius 1 is 1.31 bits per heavy atom. The van der Waals surface area contributed by atoms with Crippen molar-refractivity contribution >= 4 is 11.9 Å². The molecule has 0 spiro atoms. The molecule has 1 N–H and O–H groups in total. The van der Waals surface area contributed by atoms with E-state index >= 15 is 0 Å². The van der Waals surface area contributed by atoms with E-state index in [1.807, 2.05) is 6.92 Å². The van der Waals surface area contributed by atoms with Crippen LogP contribution >= 0.6 is 0 Å². The minimum Gasteiger partial charge on any atom is -0.481 e. The molecule has 2 aliphatic heterocycles. The van der Waals surface area contributed by atoms with Crippen LogP contribution in [0, 0.1) is 11.8 Å². The molecule has 2 aliphatic rings. The number of carbonyl (C=O) groups excluding carboxylic acids is 1. The zero-order valence-corrected chi connectivity index (χ0v) is 9.22. The van der Waals surface area contributed by atoms with Crippen LogP contribution in [0.5, 0.6) is 0 Å². The monoisotopic (exact) mass is 228 g/mol. The van der Waals surface area contributed by atoms with Crippen LogP contribution in [0.1, 0.15) is 26.2 Å². The van der Waals surface area contributed by atoms with E-state index in [2.05, 4.69) is 0 Å². The Balaban J connectivity index is 2.06. The maximum absolute atomic E-state index is 11.7. The molecule has 2 heterocycles. The third-order valence-electron chi connectivity index (χ3n) is 3.28. The molecule has 2 bridgehead atoms. The Morgan fingerprint density at radius 2 is 1.94 bits per heavy atom. The molecule has 2 saturated heterocycles. The zero-order chi connectivity index (χ0) is 11.7. The molecule has 16 heavy (non-hydrogen) atoms. The van der Waals surface area contributed by atoms with E-state index in [4.69, 9.17) is 14.6 Å². The molecular weight excluding hydrogens is 212 g/mol. The molecule has 0 aromatic heterocycles. The highest BCUT2D eigenvalue weighted by molar-refractivity contribution is 5.83. The van der Waals surface area contributed by atoms with Gasteiger partial charge in [0.1, 0.15) is 0 Å². The van der Waals surface area contributed by atoms with Crippen LogP contribution in [0.25, 0.3) is 0 Å². The molecule has 0 aliphatic carbocycles. The lowest BCUT2D eigenvalue weighted by atomic mass is 9.79. The summed E-state index contributed by atoms with van der Waals surface area (Å²) in [6.45, 7) is 2.25. The normalized spacial score (nSPS) is 36.3. The van der Waals surface area contributed by atoms with Gasteiger partial charge in [0, 0.05) is 0 Å². The predicted molar refractivity (Wildman–Crippen MR) is 53.8 cm³/mol. The number of ether oxygens (including phenoxy) is 2. The van der Waals surface area contributed by atoms with Crippen molar-refractivity contribution in [3.8, 4) is 0 Å². The van der Waals surface area contributed by atoms with Gasteiger partial charge in [-0.15, -0.1) is 0 Å². The molecule has 0 amide bonds. The van der Waals surface area contributed by atoms with Crippen molar-refractivity contribution in [2.45, 2.75) is 38.4 Å². The van der Waals surface area contributed by atoms with Gasteiger partial charge in [-0.1, -0.05) is 6.92 Å². The van der Waals surface area contributed by atoms with E-state index in [-0.39, 0.29) is 12.2 Å².